The van der Waals surface area contributed by atoms with E-state index in [9.17, 15) is 13.2 Å². The van der Waals surface area contributed by atoms with E-state index in [1.165, 1.54) is 0 Å². The second-order valence-corrected chi connectivity index (χ2v) is 13.1. The Bertz CT molecular complexity index is 1420. The van der Waals surface area contributed by atoms with E-state index in [1.54, 1.807) is 36.5 Å². The third-order valence-electron chi connectivity index (χ3n) is 8.23. The minimum absolute atomic E-state index is 0.0350. The van der Waals surface area contributed by atoms with Gasteiger partial charge in [-0.05, 0) is 87.1 Å². The number of nitrogens with zero attached hydrogens (tertiary/aromatic N) is 3. The highest BCUT2D eigenvalue weighted by atomic mass is 32.2. The number of sulfone groups is 1. The smallest absolute Gasteiger partial charge is 0.252 e. The number of hydrogen-bond donors (Lipinski definition) is 1. The van der Waals surface area contributed by atoms with Crippen LogP contribution in [0.5, 0.6) is 0 Å². The lowest BCUT2D eigenvalue weighted by Crippen LogP contribution is -2.29. The van der Waals surface area contributed by atoms with Crippen LogP contribution >= 0.6 is 0 Å². The van der Waals surface area contributed by atoms with E-state index in [0.29, 0.717) is 28.3 Å². The third-order valence-corrected chi connectivity index (χ3v) is 10.5. The molecular weight excluding hydrogens is 472 g/mol. The fourth-order valence-electron chi connectivity index (χ4n) is 5.95. The maximum absolute atomic E-state index is 13.3. The molecule has 0 aliphatic heterocycles. The minimum atomic E-state index is -3.37. The summed E-state index contributed by atoms with van der Waals surface area (Å²) in [6.45, 7) is 6.34. The molecule has 0 amide bonds. The van der Waals surface area contributed by atoms with Gasteiger partial charge in [0.2, 0.25) is 5.95 Å². The van der Waals surface area contributed by atoms with E-state index in [1.807, 2.05) is 11.5 Å². The molecule has 1 N–H and O–H groups in total. The molecule has 5 rings (SSSR count). The number of aromatic nitrogens is 3. The summed E-state index contributed by atoms with van der Waals surface area (Å²) in [7, 11) is -3.37. The van der Waals surface area contributed by atoms with Crippen molar-refractivity contribution in [3.8, 4) is 0 Å². The van der Waals surface area contributed by atoms with Crippen LogP contribution in [0.4, 0.5) is 11.6 Å². The van der Waals surface area contributed by atoms with Gasteiger partial charge in [-0.3, -0.25) is 9.36 Å². The van der Waals surface area contributed by atoms with Crippen LogP contribution in [-0.2, 0) is 9.84 Å². The maximum Gasteiger partial charge on any atom is 0.252 e. The van der Waals surface area contributed by atoms with Crippen molar-refractivity contribution in [1.29, 1.82) is 0 Å². The van der Waals surface area contributed by atoms with Gasteiger partial charge in [0.1, 0.15) is 5.65 Å². The predicted molar refractivity (Wildman–Crippen MR) is 144 cm³/mol. The number of rotatable bonds is 6. The summed E-state index contributed by atoms with van der Waals surface area (Å²) in [6.07, 6.45) is 9.37. The summed E-state index contributed by atoms with van der Waals surface area (Å²) in [5.41, 5.74) is 2.17. The Hall–Kier alpha value is -2.74. The highest BCUT2D eigenvalue weighted by Gasteiger charge is 2.33. The first-order valence-electron chi connectivity index (χ1n) is 13.2. The largest absolute Gasteiger partial charge is 0.324 e. The van der Waals surface area contributed by atoms with Gasteiger partial charge in [0.25, 0.3) is 5.56 Å². The van der Waals surface area contributed by atoms with Crippen molar-refractivity contribution >= 4 is 32.5 Å². The van der Waals surface area contributed by atoms with E-state index < -0.39 is 9.84 Å². The Kier molecular flexibility index (Phi) is 6.90. The lowest BCUT2D eigenvalue weighted by molar-refractivity contribution is 0.280. The molecule has 192 valence electrons. The van der Waals surface area contributed by atoms with Crippen molar-refractivity contribution in [2.24, 2.45) is 11.8 Å². The standard InChI is InChI=1S/C28H36N4O3S/c1-18(2)20-8-11-23(12-9-20)36(34,35)24-13-14-25(19(3)16-24)30-28-29-17-21-10-15-26(33)32(27(21)31-28)22-6-4-5-7-22/h10,13-18,20,22-23H,4-9,11-12H2,1-3H3,(H,29,30,31). The maximum atomic E-state index is 13.3. The van der Waals surface area contributed by atoms with Gasteiger partial charge in [-0.2, -0.15) is 4.98 Å². The Morgan fingerprint density at radius 3 is 2.39 bits per heavy atom. The molecule has 0 unspecified atom stereocenters. The molecule has 2 fully saturated rings. The van der Waals surface area contributed by atoms with Gasteiger partial charge in [-0.25, -0.2) is 13.4 Å². The van der Waals surface area contributed by atoms with Gasteiger partial charge < -0.3 is 5.32 Å². The van der Waals surface area contributed by atoms with Crippen molar-refractivity contribution in [1.82, 2.24) is 14.5 Å². The van der Waals surface area contributed by atoms with E-state index in [0.717, 1.165) is 68.0 Å². The topological polar surface area (TPSA) is 94.0 Å². The number of pyridine rings is 1. The van der Waals surface area contributed by atoms with Crippen molar-refractivity contribution in [2.75, 3.05) is 5.32 Å². The Labute approximate surface area is 213 Å². The summed E-state index contributed by atoms with van der Waals surface area (Å²) in [5.74, 6) is 1.62. The van der Waals surface area contributed by atoms with Crippen molar-refractivity contribution in [3.05, 3.63) is 52.4 Å². The lowest BCUT2D eigenvalue weighted by atomic mass is 9.81. The molecule has 2 saturated carbocycles. The van der Waals surface area contributed by atoms with E-state index in [-0.39, 0.29) is 16.9 Å². The first-order valence-corrected chi connectivity index (χ1v) is 14.8. The summed E-state index contributed by atoms with van der Waals surface area (Å²) >= 11 is 0. The van der Waals surface area contributed by atoms with Crippen LogP contribution in [0.2, 0.25) is 0 Å². The van der Waals surface area contributed by atoms with Crippen LogP contribution in [0, 0.1) is 18.8 Å². The molecule has 2 aromatic heterocycles. The summed E-state index contributed by atoms with van der Waals surface area (Å²) in [5, 5.41) is 3.77. The summed E-state index contributed by atoms with van der Waals surface area (Å²) < 4.78 is 28.5. The van der Waals surface area contributed by atoms with Crippen LogP contribution in [0.3, 0.4) is 0 Å². The molecule has 36 heavy (non-hydrogen) atoms. The normalized spacial score (nSPS) is 21.3. The Balaban J connectivity index is 1.39. The number of anilines is 2. The molecular formula is C28H36N4O3S. The molecule has 7 nitrogen and oxygen atoms in total. The summed E-state index contributed by atoms with van der Waals surface area (Å²) in [6, 6.07) is 8.77. The van der Waals surface area contributed by atoms with Crippen molar-refractivity contribution in [2.45, 2.75) is 88.3 Å². The van der Waals surface area contributed by atoms with E-state index in [4.69, 9.17) is 4.98 Å². The highest BCUT2D eigenvalue weighted by molar-refractivity contribution is 7.92. The van der Waals surface area contributed by atoms with E-state index >= 15 is 0 Å². The molecule has 2 heterocycles. The first kappa shape index (κ1) is 24.9. The fraction of sp³-hybridized carbons (Fsp3) is 0.536. The number of nitrogens with one attached hydrogen (secondary N) is 1. The van der Waals surface area contributed by atoms with Crippen molar-refractivity contribution in [3.63, 3.8) is 0 Å². The lowest BCUT2D eigenvalue weighted by Gasteiger charge is -2.30. The summed E-state index contributed by atoms with van der Waals surface area (Å²) in [4.78, 5) is 22.2. The SMILES string of the molecule is Cc1cc(S(=O)(=O)C2CCC(C(C)C)CC2)ccc1Nc1ncc2ccc(=O)n(C3CCCC3)c2n1. The minimum Gasteiger partial charge on any atom is -0.324 e. The Morgan fingerprint density at radius 2 is 1.72 bits per heavy atom. The zero-order valence-corrected chi connectivity index (χ0v) is 22.2. The molecule has 8 heteroatoms. The monoisotopic (exact) mass is 508 g/mol. The van der Waals surface area contributed by atoms with Gasteiger partial charge in [0, 0.05) is 29.4 Å². The van der Waals surface area contributed by atoms with Crippen LogP contribution in [-0.4, -0.2) is 28.2 Å². The van der Waals surface area contributed by atoms with Crippen LogP contribution in [0.25, 0.3) is 11.0 Å². The van der Waals surface area contributed by atoms with E-state index in [2.05, 4.69) is 24.1 Å². The van der Waals surface area contributed by atoms with Crippen LogP contribution in [0.1, 0.15) is 76.8 Å². The first-order chi connectivity index (χ1) is 17.2. The van der Waals surface area contributed by atoms with Gasteiger partial charge in [-0.15, -0.1) is 0 Å². The predicted octanol–water partition coefficient (Wildman–Crippen LogP) is 5.95. The number of benzene rings is 1. The Morgan fingerprint density at radius 1 is 1.00 bits per heavy atom. The highest BCUT2D eigenvalue weighted by Crippen LogP contribution is 2.36. The molecule has 0 radical (unpaired) electrons. The molecule has 0 atom stereocenters. The number of fused-ring (bicyclic) bond motifs is 1. The number of aryl methyl sites for hydroxylation is 1. The van der Waals surface area contributed by atoms with Crippen LogP contribution < -0.4 is 10.9 Å². The molecule has 0 bridgehead atoms. The molecule has 2 aliphatic carbocycles. The quantitative estimate of drug-likeness (QED) is 0.442. The second-order valence-electron chi connectivity index (χ2n) is 10.9. The average Bonchev–Trinajstić information content (AvgIpc) is 3.39. The zero-order chi connectivity index (χ0) is 25.4. The van der Waals surface area contributed by atoms with Gasteiger partial charge in [0.05, 0.1) is 10.1 Å². The molecule has 2 aliphatic rings. The molecule has 0 spiro atoms. The van der Waals surface area contributed by atoms with Gasteiger partial charge in [0.15, 0.2) is 9.84 Å². The molecule has 3 aromatic rings. The molecule has 1 aromatic carbocycles. The average molecular weight is 509 g/mol. The van der Waals surface area contributed by atoms with Gasteiger partial charge in [-0.1, -0.05) is 26.7 Å². The van der Waals surface area contributed by atoms with Crippen molar-refractivity contribution < 1.29 is 8.42 Å². The fourth-order valence-corrected chi connectivity index (χ4v) is 7.82. The third kappa shape index (κ3) is 4.80. The van der Waals surface area contributed by atoms with Gasteiger partial charge >= 0.3 is 0 Å². The molecule has 0 saturated heterocycles. The number of hydrogen-bond acceptors (Lipinski definition) is 6. The van der Waals surface area contributed by atoms with Crippen LogP contribution in [0.15, 0.2) is 46.2 Å². The zero-order valence-electron chi connectivity index (χ0n) is 21.4. The second kappa shape index (κ2) is 9.96.